The minimum absolute atomic E-state index is 0.0449. The third-order valence-corrected chi connectivity index (χ3v) is 3.67. The van der Waals surface area contributed by atoms with E-state index in [0.29, 0.717) is 12.3 Å². The van der Waals surface area contributed by atoms with Crippen molar-refractivity contribution in [1.82, 2.24) is 20.2 Å². The molecule has 0 fully saturated rings. The van der Waals surface area contributed by atoms with Gasteiger partial charge in [0.05, 0.1) is 5.69 Å². The highest BCUT2D eigenvalue weighted by Crippen LogP contribution is 2.23. The number of carbonyl (C=O) groups excluding carboxylic acids is 1. The summed E-state index contributed by atoms with van der Waals surface area (Å²) in [7, 11) is 0. The number of hydrogen-bond donors (Lipinski definition) is 1. The van der Waals surface area contributed by atoms with Gasteiger partial charge in [0, 0.05) is 12.1 Å². The summed E-state index contributed by atoms with van der Waals surface area (Å²) < 4.78 is 1.56. The zero-order chi connectivity index (χ0) is 14.7. The van der Waals surface area contributed by atoms with E-state index in [2.05, 4.69) is 33.0 Å². The van der Waals surface area contributed by atoms with Gasteiger partial charge in [0.15, 0.2) is 0 Å². The molecule has 1 N–H and O–H groups in total. The summed E-state index contributed by atoms with van der Waals surface area (Å²) in [5.74, 6) is 0.413. The summed E-state index contributed by atoms with van der Waals surface area (Å²) in [5.41, 5.74) is 2.64. The van der Waals surface area contributed by atoms with Gasteiger partial charge in [-0.15, -0.1) is 5.10 Å². The van der Waals surface area contributed by atoms with E-state index in [4.69, 9.17) is 0 Å². The van der Waals surface area contributed by atoms with Gasteiger partial charge in [0.2, 0.25) is 5.91 Å². The van der Waals surface area contributed by atoms with E-state index in [0.717, 1.165) is 29.8 Å². The minimum atomic E-state index is 0.0449. The first-order valence-electron chi connectivity index (χ1n) is 7.03. The largest absolute Gasteiger partial charge is 0.326 e. The van der Waals surface area contributed by atoms with Crippen LogP contribution in [-0.4, -0.2) is 26.1 Å². The molecule has 0 aliphatic heterocycles. The molecule has 3 rings (SSSR count). The normalized spacial score (nSPS) is 17.1. The van der Waals surface area contributed by atoms with E-state index in [1.165, 1.54) is 6.33 Å². The number of amides is 1. The number of anilines is 1. The molecule has 1 aromatic heterocycles. The van der Waals surface area contributed by atoms with Crippen molar-refractivity contribution in [2.75, 3.05) is 5.32 Å². The monoisotopic (exact) mass is 283 g/mol. The Hall–Kier alpha value is -2.50. The molecule has 21 heavy (non-hydrogen) atoms. The molecular formula is C15H17N5O. The molecule has 1 heterocycles. The predicted octanol–water partition coefficient (Wildman–Crippen LogP) is 2.27. The first-order valence-corrected chi connectivity index (χ1v) is 7.03. The minimum Gasteiger partial charge on any atom is -0.326 e. The lowest BCUT2D eigenvalue weighted by Crippen LogP contribution is -2.15. The third-order valence-electron chi connectivity index (χ3n) is 3.67. The van der Waals surface area contributed by atoms with Gasteiger partial charge in [0.25, 0.3) is 0 Å². The average Bonchev–Trinajstić information content (AvgIpc) is 3.14. The van der Waals surface area contributed by atoms with Crippen LogP contribution in [0.3, 0.4) is 0 Å². The van der Waals surface area contributed by atoms with Gasteiger partial charge in [-0.25, -0.2) is 4.68 Å². The summed E-state index contributed by atoms with van der Waals surface area (Å²) in [6, 6.07) is 5.75. The molecular weight excluding hydrogens is 266 g/mol. The highest BCUT2D eigenvalue weighted by Gasteiger charge is 2.15. The lowest BCUT2D eigenvalue weighted by atomic mass is 10.0. The topological polar surface area (TPSA) is 72.7 Å². The van der Waals surface area contributed by atoms with E-state index < -0.39 is 0 Å². The van der Waals surface area contributed by atoms with Crippen LogP contribution in [0.5, 0.6) is 0 Å². The van der Waals surface area contributed by atoms with Crippen LogP contribution in [0.25, 0.3) is 5.69 Å². The average molecular weight is 283 g/mol. The van der Waals surface area contributed by atoms with E-state index in [-0.39, 0.29) is 5.91 Å². The molecule has 108 valence electrons. The van der Waals surface area contributed by atoms with Crippen LogP contribution in [0.2, 0.25) is 0 Å². The summed E-state index contributed by atoms with van der Waals surface area (Å²) in [6.07, 6.45) is 8.47. The highest BCUT2D eigenvalue weighted by molar-refractivity contribution is 5.92. The number of nitrogens with zero attached hydrogens (tertiary/aromatic N) is 4. The van der Waals surface area contributed by atoms with Crippen molar-refractivity contribution >= 4 is 11.6 Å². The zero-order valence-electron chi connectivity index (χ0n) is 11.9. The van der Waals surface area contributed by atoms with E-state index in [9.17, 15) is 4.79 Å². The molecule has 1 aromatic carbocycles. The van der Waals surface area contributed by atoms with Crippen LogP contribution in [0.1, 0.15) is 24.8 Å². The van der Waals surface area contributed by atoms with Crippen LogP contribution in [0.15, 0.2) is 36.7 Å². The molecule has 6 nitrogen and oxygen atoms in total. The molecule has 1 aliphatic rings. The number of aryl methyl sites for hydroxylation is 1. The lowest BCUT2D eigenvalue weighted by molar-refractivity contribution is -0.116. The number of rotatable bonds is 4. The number of nitrogens with one attached hydrogen (secondary N) is 1. The van der Waals surface area contributed by atoms with Gasteiger partial charge < -0.3 is 5.32 Å². The molecule has 1 atom stereocenters. The fourth-order valence-electron chi connectivity index (χ4n) is 2.47. The lowest BCUT2D eigenvalue weighted by Gasteiger charge is -2.12. The summed E-state index contributed by atoms with van der Waals surface area (Å²) in [4.78, 5) is 12.1. The van der Waals surface area contributed by atoms with Crippen LogP contribution < -0.4 is 5.32 Å². The van der Waals surface area contributed by atoms with Crippen LogP contribution in [0.4, 0.5) is 5.69 Å². The zero-order valence-corrected chi connectivity index (χ0v) is 11.9. The van der Waals surface area contributed by atoms with Gasteiger partial charge in [0.1, 0.15) is 6.33 Å². The third kappa shape index (κ3) is 3.16. The summed E-state index contributed by atoms with van der Waals surface area (Å²) >= 11 is 0. The number of allylic oxidation sites excluding steroid dienone is 2. The first kappa shape index (κ1) is 13.5. The van der Waals surface area contributed by atoms with Crippen molar-refractivity contribution in [3.63, 3.8) is 0 Å². The Morgan fingerprint density at radius 1 is 1.48 bits per heavy atom. The molecule has 0 saturated heterocycles. The fourth-order valence-corrected chi connectivity index (χ4v) is 2.47. The van der Waals surface area contributed by atoms with Crippen molar-refractivity contribution < 1.29 is 4.79 Å². The summed E-state index contributed by atoms with van der Waals surface area (Å²) in [5, 5.41) is 14.1. The second-order valence-corrected chi connectivity index (χ2v) is 5.27. The highest BCUT2D eigenvalue weighted by atomic mass is 16.1. The quantitative estimate of drug-likeness (QED) is 0.874. The second kappa shape index (κ2) is 5.87. The maximum atomic E-state index is 12.1. The van der Waals surface area contributed by atoms with Crippen molar-refractivity contribution in [3.05, 3.63) is 42.2 Å². The Bertz CT molecular complexity index is 663. The number of benzene rings is 1. The Morgan fingerprint density at radius 2 is 2.38 bits per heavy atom. The molecule has 2 aromatic rings. The maximum absolute atomic E-state index is 12.1. The van der Waals surface area contributed by atoms with E-state index >= 15 is 0 Å². The van der Waals surface area contributed by atoms with E-state index in [1.54, 1.807) is 4.68 Å². The number of tetrazole rings is 1. The molecule has 0 spiro atoms. The van der Waals surface area contributed by atoms with Gasteiger partial charge in [-0.2, -0.15) is 0 Å². The molecule has 0 saturated carbocycles. The van der Waals surface area contributed by atoms with Crippen molar-refractivity contribution in [2.45, 2.75) is 26.2 Å². The standard InChI is InChI=1S/C15H17N5O/c1-11-6-7-13(20-10-16-18-19-20)9-14(11)17-15(21)8-12-4-2-3-5-12/h2,4,6-7,9-10,12H,3,5,8H2,1H3,(H,17,21)/t12-/m1/s1. The Balaban J connectivity index is 1.73. The predicted molar refractivity (Wildman–Crippen MR) is 79.0 cm³/mol. The molecule has 1 amide bonds. The SMILES string of the molecule is Cc1ccc(-n2cnnn2)cc1NC(=O)C[C@@H]1C=CCC1. The van der Waals surface area contributed by atoms with Crippen LogP contribution in [0, 0.1) is 12.8 Å². The Kier molecular flexibility index (Phi) is 3.77. The molecule has 0 unspecified atom stereocenters. The Morgan fingerprint density at radius 3 is 3.10 bits per heavy atom. The smallest absolute Gasteiger partial charge is 0.224 e. The molecule has 1 aliphatic carbocycles. The fraction of sp³-hybridized carbons (Fsp3) is 0.333. The molecule has 0 bridgehead atoms. The van der Waals surface area contributed by atoms with Gasteiger partial charge >= 0.3 is 0 Å². The number of hydrogen-bond acceptors (Lipinski definition) is 4. The maximum Gasteiger partial charge on any atom is 0.224 e. The number of aromatic nitrogens is 4. The van der Waals surface area contributed by atoms with Crippen molar-refractivity contribution in [2.24, 2.45) is 5.92 Å². The second-order valence-electron chi connectivity index (χ2n) is 5.27. The molecule has 0 radical (unpaired) electrons. The van der Waals surface area contributed by atoms with Crippen molar-refractivity contribution in [3.8, 4) is 5.69 Å². The van der Waals surface area contributed by atoms with Crippen LogP contribution >= 0.6 is 0 Å². The van der Waals surface area contributed by atoms with Gasteiger partial charge in [-0.1, -0.05) is 18.2 Å². The van der Waals surface area contributed by atoms with Crippen molar-refractivity contribution in [1.29, 1.82) is 0 Å². The van der Waals surface area contributed by atoms with Crippen LogP contribution in [-0.2, 0) is 4.79 Å². The first-order chi connectivity index (χ1) is 10.2. The molecule has 6 heteroatoms. The number of carbonyl (C=O) groups is 1. The van der Waals surface area contributed by atoms with E-state index in [1.807, 2.05) is 25.1 Å². The Labute approximate surface area is 122 Å². The van der Waals surface area contributed by atoms with Gasteiger partial charge in [-0.3, -0.25) is 4.79 Å². The summed E-state index contributed by atoms with van der Waals surface area (Å²) in [6.45, 7) is 1.97. The van der Waals surface area contributed by atoms with Gasteiger partial charge in [-0.05, 0) is 53.8 Å².